The Morgan fingerprint density at radius 2 is 1.89 bits per heavy atom. The van der Waals surface area contributed by atoms with E-state index in [1.54, 1.807) is 6.92 Å². The molecule has 0 bridgehead atoms. The number of nitrogens with one attached hydrogen (secondary N) is 1. The molecule has 1 amide bonds. The highest BCUT2D eigenvalue weighted by atomic mass is 16.2. The van der Waals surface area contributed by atoms with Crippen LogP contribution in [0.3, 0.4) is 0 Å². The van der Waals surface area contributed by atoms with Crippen molar-refractivity contribution in [3.8, 4) is 0 Å². The first-order valence-corrected chi connectivity index (χ1v) is 6.45. The second-order valence-electron chi connectivity index (χ2n) is 4.65. The normalized spacial score (nSPS) is 15.9. The van der Waals surface area contributed by atoms with E-state index in [0.717, 1.165) is 32.7 Å². The van der Waals surface area contributed by atoms with Crippen molar-refractivity contribution in [2.45, 2.75) is 13.5 Å². The van der Waals surface area contributed by atoms with Crippen LogP contribution in [0.1, 0.15) is 12.5 Å². The van der Waals surface area contributed by atoms with Crippen molar-refractivity contribution >= 4 is 11.6 Å². The van der Waals surface area contributed by atoms with Crippen LogP contribution >= 0.6 is 0 Å². The SMILES string of the molecule is CNCc1ccccc1N1CCN(C(C)=O)CC1. The number of rotatable bonds is 3. The molecule has 98 valence electrons. The van der Waals surface area contributed by atoms with Gasteiger partial charge in [0.15, 0.2) is 0 Å². The van der Waals surface area contributed by atoms with E-state index >= 15 is 0 Å². The Labute approximate surface area is 109 Å². The lowest BCUT2D eigenvalue weighted by Crippen LogP contribution is -2.48. The number of carbonyl (C=O) groups is 1. The largest absolute Gasteiger partial charge is 0.368 e. The summed E-state index contributed by atoms with van der Waals surface area (Å²) < 4.78 is 0. The van der Waals surface area contributed by atoms with E-state index in [2.05, 4.69) is 34.5 Å². The zero-order chi connectivity index (χ0) is 13.0. The molecule has 0 saturated carbocycles. The lowest BCUT2D eigenvalue weighted by Gasteiger charge is -2.36. The molecule has 1 aromatic carbocycles. The van der Waals surface area contributed by atoms with Crippen molar-refractivity contribution in [1.82, 2.24) is 10.2 Å². The van der Waals surface area contributed by atoms with E-state index in [4.69, 9.17) is 0 Å². The van der Waals surface area contributed by atoms with Crippen molar-refractivity contribution in [1.29, 1.82) is 0 Å². The molecule has 0 unspecified atom stereocenters. The minimum Gasteiger partial charge on any atom is -0.368 e. The van der Waals surface area contributed by atoms with Crippen LogP contribution in [-0.2, 0) is 11.3 Å². The summed E-state index contributed by atoms with van der Waals surface area (Å²) >= 11 is 0. The number of benzene rings is 1. The molecule has 1 fully saturated rings. The number of carbonyl (C=O) groups excluding carboxylic acids is 1. The van der Waals surface area contributed by atoms with E-state index < -0.39 is 0 Å². The van der Waals surface area contributed by atoms with E-state index in [1.807, 2.05) is 11.9 Å². The zero-order valence-corrected chi connectivity index (χ0v) is 11.1. The quantitative estimate of drug-likeness (QED) is 0.868. The molecule has 2 rings (SSSR count). The third-order valence-corrected chi connectivity index (χ3v) is 3.42. The Morgan fingerprint density at radius 3 is 2.50 bits per heavy atom. The molecule has 4 nitrogen and oxygen atoms in total. The minimum atomic E-state index is 0.179. The Kier molecular flexibility index (Phi) is 4.20. The molecule has 1 aliphatic heterocycles. The Balaban J connectivity index is 2.07. The van der Waals surface area contributed by atoms with Crippen molar-refractivity contribution in [2.24, 2.45) is 0 Å². The molecule has 0 radical (unpaired) electrons. The minimum absolute atomic E-state index is 0.179. The summed E-state index contributed by atoms with van der Waals surface area (Å²) in [6, 6.07) is 8.47. The Morgan fingerprint density at radius 1 is 1.22 bits per heavy atom. The van der Waals surface area contributed by atoms with Gasteiger partial charge in [-0.15, -0.1) is 0 Å². The third kappa shape index (κ3) is 2.82. The highest BCUT2D eigenvalue weighted by Crippen LogP contribution is 2.21. The van der Waals surface area contributed by atoms with Crippen molar-refractivity contribution in [3.63, 3.8) is 0 Å². The summed E-state index contributed by atoms with van der Waals surface area (Å²) in [5, 5.41) is 3.20. The molecule has 1 saturated heterocycles. The predicted octanol–water partition coefficient (Wildman–Crippen LogP) is 1.07. The molecule has 1 aliphatic rings. The van der Waals surface area contributed by atoms with Gasteiger partial charge in [0.2, 0.25) is 5.91 Å². The fraction of sp³-hybridized carbons (Fsp3) is 0.500. The van der Waals surface area contributed by atoms with E-state index in [-0.39, 0.29) is 5.91 Å². The average molecular weight is 247 g/mol. The van der Waals surface area contributed by atoms with Gasteiger partial charge in [0.25, 0.3) is 0 Å². The number of nitrogens with zero attached hydrogens (tertiary/aromatic N) is 2. The molecule has 18 heavy (non-hydrogen) atoms. The van der Waals surface area contributed by atoms with Crippen molar-refractivity contribution in [2.75, 3.05) is 38.1 Å². The predicted molar refractivity (Wildman–Crippen MR) is 73.7 cm³/mol. The number of amides is 1. The number of anilines is 1. The molecule has 1 N–H and O–H groups in total. The van der Waals surface area contributed by atoms with Crippen LogP contribution in [0.4, 0.5) is 5.69 Å². The fourth-order valence-electron chi connectivity index (χ4n) is 2.42. The third-order valence-electron chi connectivity index (χ3n) is 3.42. The number of para-hydroxylation sites is 1. The molecule has 1 heterocycles. The summed E-state index contributed by atoms with van der Waals surface area (Å²) in [4.78, 5) is 15.6. The fourth-order valence-corrected chi connectivity index (χ4v) is 2.42. The number of hydrogen-bond acceptors (Lipinski definition) is 3. The standard InChI is InChI=1S/C14H21N3O/c1-12(18)16-7-9-17(10-8-16)14-6-4-3-5-13(14)11-15-2/h3-6,15H,7-11H2,1-2H3. The van der Waals surface area contributed by atoms with Gasteiger partial charge in [0.05, 0.1) is 0 Å². The maximum atomic E-state index is 11.3. The van der Waals surface area contributed by atoms with E-state index in [9.17, 15) is 4.79 Å². The first-order valence-electron chi connectivity index (χ1n) is 6.45. The Hall–Kier alpha value is -1.55. The summed E-state index contributed by atoms with van der Waals surface area (Å²) in [6.07, 6.45) is 0. The van der Waals surface area contributed by atoms with Gasteiger partial charge in [-0.05, 0) is 18.7 Å². The van der Waals surface area contributed by atoms with Gasteiger partial charge in [-0.1, -0.05) is 18.2 Å². The average Bonchev–Trinajstić information content (AvgIpc) is 2.40. The summed E-state index contributed by atoms with van der Waals surface area (Å²) in [5.74, 6) is 0.179. The highest BCUT2D eigenvalue weighted by Gasteiger charge is 2.19. The topological polar surface area (TPSA) is 35.6 Å². The monoisotopic (exact) mass is 247 g/mol. The van der Waals surface area contributed by atoms with Crippen LogP contribution in [0, 0.1) is 0 Å². The molecular weight excluding hydrogens is 226 g/mol. The number of piperazine rings is 1. The molecule has 0 aromatic heterocycles. The maximum Gasteiger partial charge on any atom is 0.219 e. The van der Waals surface area contributed by atoms with Crippen molar-refractivity contribution < 1.29 is 4.79 Å². The van der Waals surface area contributed by atoms with Gasteiger partial charge < -0.3 is 15.1 Å². The summed E-state index contributed by atoms with van der Waals surface area (Å²) in [7, 11) is 1.96. The first-order chi connectivity index (χ1) is 8.72. The van der Waals surface area contributed by atoms with Crippen molar-refractivity contribution in [3.05, 3.63) is 29.8 Å². The molecule has 4 heteroatoms. The Bertz CT molecular complexity index is 411. The molecule has 0 spiro atoms. The van der Waals surface area contributed by atoms with Crippen LogP contribution in [0.2, 0.25) is 0 Å². The van der Waals surface area contributed by atoms with Gasteiger partial charge in [0.1, 0.15) is 0 Å². The van der Waals surface area contributed by atoms with Crippen LogP contribution < -0.4 is 10.2 Å². The van der Waals surface area contributed by atoms with Crippen LogP contribution in [0.15, 0.2) is 24.3 Å². The second-order valence-corrected chi connectivity index (χ2v) is 4.65. The smallest absolute Gasteiger partial charge is 0.219 e. The lowest BCUT2D eigenvalue weighted by atomic mass is 10.1. The van der Waals surface area contributed by atoms with Gasteiger partial charge in [-0.2, -0.15) is 0 Å². The second kappa shape index (κ2) is 5.87. The van der Waals surface area contributed by atoms with E-state index in [0.29, 0.717) is 0 Å². The number of hydrogen-bond donors (Lipinski definition) is 1. The lowest BCUT2D eigenvalue weighted by molar-refractivity contribution is -0.129. The molecule has 0 aliphatic carbocycles. The van der Waals surface area contributed by atoms with E-state index in [1.165, 1.54) is 11.3 Å². The van der Waals surface area contributed by atoms with Crippen LogP contribution in [-0.4, -0.2) is 44.0 Å². The highest BCUT2D eigenvalue weighted by molar-refractivity contribution is 5.73. The van der Waals surface area contributed by atoms with Gasteiger partial charge in [-0.3, -0.25) is 4.79 Å². The molecule has 1 aromatic rings. The van der Waals surface area contributed by atoms with Crippen LogP contribution in [0.5, 0.6) is 0 Å². The van der Waals surface area contributed by atoms with Gasteiger partial charge >= 0.3 is 0 Å². The maximum absolute atomic E-state index is 11.3. The first kappa shape index (κ1) is 12.9. The molecular formula is C14H21N3O. The van der Waals surface area contributed by atoms with Gasteiger partial charge in [-0.25, -0.2) is 0 Å². The molecule has 0 atom stereocenters. The zero-order valence-electron chi connectivity index (χ0n) is 11.1. The van der Waals surface area contributed by atoms with Gasteiger partial charge in [0, 0.05) is 45.3 Å². The van der Waals surface area contributed by atoms with Crippen LogP contribution in [0.25, 0.3) is 0 Å². The summed E-state index contributed by atoms with van der Waals surface area (Å²) in [6.45, 7) is 6.00. The summed E-state index contributed by atoms with van der Waals surface area (Å²) in [5.41, 5.74) is 2.60.